The molecule has 0 atom stereocenters. The quantitative estimate of drug-likeness (QED) is 0.853. The first kappa shape index (κ1) is 14.9. The lowest BCUT2D eigenvalue weighted by Gasteiger charge is -2.13. The smallest absolute Gasteiger partial charge is 0.225 e. The van der Waals surface area contributed by atoms with Crippen LogP contribution in [0.15, 0.2) is 24.3 Å². The van der Waals surface area contributed by atoms with Gasteiger partial charge in [-0.05, 0) is 17.5 Å². The van der Waals surface area contributed by atoms with Crippen LogP contribution < -0.4 is 11.1 Å². The van der Waals surface area contributed by atoms with E-state index >= 15 is 0 Å². The van der Waals surface area contributed by atoms with Gasteiger partial charge in [-0.15, -0.1) is 12.4 Å². The number of para-hydroxylation sites is 1. The molecule has 1 aromatic carbocycles. The Morgan fingerprint density at radius 2 is 2.00 bits per heavy atom. The molecule has 0 bridgehead atoms. The lowest BCUT2D eigenvalue weighted by atomic mass is 10.0. The largest absolute Gasteiger partial charge is 0.330 e. The summed E-state index contributed by atoms with van der Waals surface area (Å²) in [5, 5.41) is 2.87. The normalized spacial score (nSPS) is 9.75. The van der Waals surface area contributed by atoms with Gasteiger partial charge in [-0.2, -0.15) is 0 Å². The maximum Gasteiger partial charge on any atom is 0.225 e. The highest BCUT2D eigenvalue weighted by atomic mass is 35.5. The van der Waals surface area contributed by atoms with Gasteiger partial charge in [0, 0.05) is 18.7 Å². The number of benzene rings is 1. The zero-order chi connectivity index (χ0) is 11.3. The Morgan fingerprint density at radius 1 is 1.38 bits per heavy atom. The average molecular weight is 243 g/mol. The van der Waals surface area contributed by atoms with Gasteiger partial charge in [0.1, 0.15) is 0 Å². The minimum Gasteiger partial charge on any atom is -0.330 e. The van der Waals surface area contributed by atoms with Gasteiger partial charge in [0.25, 0.3) is 0 Å². The molecule has 90 valence electrons. The molecule has 0 aliphatic heterocycles. The number of anilines is 1. The lowest BCUT2D eigenvalue weighted by Crippen LogP contribution is -2.17. The monoisotopic (exact) mass is 242 g/mol. The van der Waals surface area contributed by atoms with Crippen LogP contribution in [0.5, 0.6) is 0 Å². The van der Waals surface area contributed by atoms with Crippen LogP contribution in [0.2, 0.25) is 0 Å². The topological polar surface area (TPSA) is 55.1 Å². The highest BCUT2D eigenvalue weighted by molar-refractivity contribution is 5.91. The third-order valence-corrected chi connectivity index (χ3v) is 2.23. The van der Waals surface area contributed by atoms with Crippen molar-refractivity contribution in [1.29, 1.82) is 0 Å². The van der Waals surface area contributed by atoms with E-state index in [0.717, 1.165) is 11.3 Å². The summed E-state index contributed by atoms with van der Waals surface area (Å²) in [7, 11) is 0. The molecule has 0 heterocycles. The molecule has 0 unspecified atom stereocenters. The van der Waals surface area contributed by atoms with Crippen LogP contribution in [0.4, 0.5) is 5.69 Å². The number of halogens is 1. The highest BCUT2D eigenvalue weighted by Gasteiger charge is 2.07. The average Bonchev–Trinajstić information content (AvgIpc) is 2.18. The first-order valence-corrected chi connectivity index (χ1v) is 5.24. The maximum atomic E-state index is 11.4. The fourth-order valence-electron chi connectivity index (χ4n) is 1.46. The summed E-state index contributed by atoms with van der Waals surface area (Å²) >= 11 is 0. The number of rotatable bonds is 4. The fraction of sp³-hybridized carbons (Fsp3) is 0.417. The van der Waals surface area contributed by atoms with E-state index in [2.05, 4.69) is 19.2 Å². The first-order chi connectivity index (χ1) is 7.15. The fourth-order valence-corrected chi connectivity index (χ4v) is 1.46. The minimum atomic E-state index is -0.0226. The van der Waals surface area contributed by atoms with Gasteiger partial charge in [0.15, 0.2) is 0 Å². The molecular weight excluding hydrogens is 224 g/mol. The van der Waals surface area contributed by atoms with Crippen molar-refractivity contribution in [2.45, 2.75) is 26.2 Å². The Balaban J connectivity index is 0.00000225. The molecule has 0 saturated carbocycles. The SMILES string of the molecule is CC(C)c1ccccc1NC(=O)CCN.Cl. The molecule has 0 aliphatic rings. The summed E-state index contributed by atoms with van der Waals surface area (Å²) in [6, 6.07) is 7.85. The van der Waals surface area contributed by atoms with E-state index in [1.807, 2.05) is 24.3 Å². The first-order valence-electron chi connectivity index (χ1n) is 5.24. The van der Waals surface area contributed by atoms with Gasteiger partial charge in [-0.3, -0.25) is 4.79 Å². The number of carbonyl (C=O) groups is 1. The lowest BCUT2D eigenvalue weighted by molar-refractivity contribution is -0.116. The van der Waals surface area contributed by atoms with E-state index in [1.54, 1.807) is 0 Å². The van der Waals surface area contributed by atoms with E-state index in [4.69, 9.17) is 5.73 Å². The van der Waals surface area contributed by atoms with Crippen LogP contribution in [0.3, 0.4) is 0 Å². The van der Waals surface area contributed by atoms with Crippen LogP contribution >= 0.6 is 12.4 Å². The minimum absolute atomic E-state index is 0. The molecule has 16 heavy (non-hydrogen) atoms. The number of hydrogen-bond acceptors (Lipinski definition) is 2. The van der Waals surface area contributed by atoms with E-state index in [1.165, 1.54) is 0 Å². The van der Waals surface area contributed by atoms with Crippen molar-refractivity contribution >= 4 is 24.0 Å². The second kappa shape index (κ2) is 7.25. The maximum absolute atomic E-state index is 11.4. The predicted molar refractivity (Wildman–Crippen MR) is 70.1 cm³/mol. The van der Waals surface area contributed by atoms with Crippen LogP contribution in [0, 0.1) is 0 Å². The van der Waals surface area contributed by atoms with Crippen molar-refractivity contribution in [1.82, 2.24) is 0 Å². The molecule has 1 aromatic rings. The zero-order valence-corrected chi connectivity index (χ0v) is 10.5. The second-order valence-electron chi connectivity index (χ2n) is 3.83. The van der Waals surface area contributed by atoms with E-state index in [0.29, 0.717) is 18.9 Å². The number of nitrogens with two attached hydrogens (primary N) is 1. The van der Waals surface area contributed by atoms with Crippen molar-refractivity contribution in [3.63, 3.8) is 0 Å². The third-order valence-electron chi connectivity index (χ3n) is 2.23. The molecule has 1 amide bonds. The molecule has 0 aliphatic carbocycles. The Labute approximate surface area is 103 Å². The predicted octanol–water partition coefficient (Wildman–Crippen LogP) is 2.52. The summed E-state index contributed by atoms with van der Waals surface area (Å²) in [5.41, 5.74) is 7.37. The van der Waals surface area contributed by atoms with E-state index in [-0.39, 0.29) is 18.3 Å². The van der Waals surface area contributed by atoms with Crippen LogP contribution in [-0.2, 0) is 4.79 Å². The van der Waals surface area contributed by atoms with Crippen molar-refractivity contribution in [3.05, 3.63) is 29.8 Å². The van der Waals surface area contributed by atoms with Crippen LogP contribution in [-0.4, -0.2) is 12.5 Å². The van der Waals surface area contributed by atoms with Crippen LogP contribution in [0.25, 0.3) is 0 Å². The second-order valence-corrected chi connectivity index (χ2v) is 3.83. The number of amides is 1. The summed E-state index contributed by atoms with van der Waals surface area (Å²) in [6.07, 6.45) is 0.367. The number of nitrogens with one attached hydrogen (secondary N) is 1. The summed E-state index contributed by atoms with van der Waals surface area (Å²) < 4.78 is 0. The third kappa shape index (κ3) is 4.21. The zero-order valence-electron chi connectivity index (χ0n) is 9.69. The molecule has 0 spiro atoms. The Morgan fingerprint density at radius 3 is 2.56 bits per heavy atom. The summed E-state index contributed by atoms with van der Waals surface area (Å²) in [5.74, 6) is 0.380. The molecule has 1 rings (SSSR count). The van der Waals surface area contributed by atoms with E-state index in [9.17, 15) is 4.79 Å². The van der Waals surface area contributed by atoms with Gasteiger partial charge >= 0.3 is 0 Å². The Kier molecular flexibility index (Phi) is 6.77. The molecule has 3 nitrogen and oxygen atoms in total. The molecular formula is C12H19ClN2O. The number of carbonyl (C=O) groups excluding carboxylic acids is 1. The standard InChI is InChI=1S/C12H18N2O.ClH/c1-9(2)10-5-3-4-6-11(10)14-12(15)7-8-13;/h3-6,9H,7-8,13H2,1-2H3,(H,14,15);1H. The molecule has 0 radical (unpaired) electrons. The van der Waals surface area contributed by atoms with Gasteiger partial charge in [-0.1, -0.05) is 32.0 Å². The van der Waals surface area contributed by atoms with Gasteiger partial charge in [0.2, 0.25) is 5.91 Å². The van der Waals surface area contributed by atoms with Crippen molar-refractivity contribution in [2.75, 3.05) is 11.9 Å². The van der Waals surface area contributed by atoms with Crippen molar-refractivity contribution in [2.24, 2.45) is 5.73 Å². The summed E-state index contributed by atoms with van der Waals surface area (Å²) in [4.78, 5) is 11.4. The van der Waals surface area contributed by atoms with Gasteiger partial charge in [-0.25, -0.2) is 0 Å². The van der Waals surface area contributed by atoms with Crippen LogP contribution in [0.1, 0.15) is 31.7 Å². The molecule has 0 saturated heterocycles. The van der Waals surface area contributed by atoms with Gasteiger partial charge in [0.05, 0.1) is 0 Å². The highest BCUT2D eigenvalue weighted by Crippen LogP contribution is 2.23. The number of hydrogen-bond donors (Lipinski definition) is 2. The Hall–Kier alpha value is -1.06. The molecule has 3 N–H and O–H groups in total. The van der Waals surface area contributed by atoms with Crippen molar-refractivity contribution < 1.29 is 4.79 Å². The summed E-state index contributed by atoms with van der Waals surface area (Å²) in [6.45, 7) is 4.59. The van der Waals surface area contributed by atoms with Crippen molar-refractivity contribution in [3.8, 4) is 0 Å². The molecule has 0 aromatic heterocycles. The molecule has 0 fully saturated rings. The Bertz CT molecular complexity index is 340. The van der Waals surface area contributed by atoms with E-state index < -0.39 is 0 Å². The van der Waals surface area contributed by atoms with Gasteiger partial charge < -0.3 is 11.1 Å². The molecule has 4 heteroatoms.